The van der Waals surface area contributed by atoms with Gasteiger partial charge in [0, 0.05) is 18.9 Å². The molecule has 0 aromatic carbocycles. The van der Waals surface area contributed by atoms with Gasteiger partial charge in [-0.15, -0.1) is 10.1 Å². The highest BCUT2D eigenvalue weighted by molar-refractivity contribution is 5.93. The van der Waals surface area contributed by atoms with Crippen molar-refractivity contribution in [2.75, 3.05) is 19.7 Å². The molecule has 20 heavy (non-hydrogen) atoms. The maximum Gasteiger partial charge on any atom is 0.317 e. The molecule has 10 heteroatoms. The van der Waals surface area contributed by atoms with Crippen LogP contribution in [0.4, 0.5) is 0 Å². The van der Waals surface area contributed by atoms with Crippen LogP contribution in [-0.2, 0) is 9.63 Å². The fraction of sp³-hybridized carbons (Fsp3) is 0.300. The summed E-state index contributed by atoms with van der Waals surface area (Å²) in [5.74, 6) is -1.31. The van der Waals surface area contributed by atoms with Gasteiger partial charge in [-0.1, -0.05) is 0 Å². The summed E-state index contributed by atoms with van der Waals surface area (Å²) >= 11 is 0. The molecule has 1 aromatic rings. The zero-order valence-electron chi connectivity index (χ0n) is 10.4. The van der Waals surface area contributed by atoms with E-state index >= 15 is 0 Å². The number of carbonyl (C=O) groups excluding carboxylic acids is 1. The van der Waals surface area contributed by atoms with Crippen LogP contribution in [0, 0.1) is 10.1 Å². The summed E-state index contributed by atoms with van der Waals surface area (Å²) in [6.07, 6.45) is 2.95. The van der Waals surface area contributed by atoms with Gasteiger partial charge in [0.15, 0.2) is 0 Å². The average Bonchev–Trinajstić information content (AvgIpc) is 2.44. The first-order chi connectivity index (χ1) is 9.47. The number of carboxylic acid groups (broad SMARTS) is 1. The molecule has 10 nitrogen and oxygen atoms in total. The number of rotatable bonds is 6. The average molecular weight is 286 g/mol. The number of carbonyl (C=O) groups is 2. The normalized spacial score (nSPS) is 8.85. The minimum atomic E-state index is -0.968. The van der Waals surface area contributed by atoms with Gasteiger partial charge in [-0.25, -0.2) is 0 Å². The van der Waals surface area contributed by atoms with Gasteiger partial charge in [0.25, 0.3) is 11.0 Å². The second-order valence-electron chi connectivity index (χ2n) is 3.15. The monoisotopic (exact) mass is 286 g/mol. The minimum Gasteiger partial charge on any atom is -0.480 e. The van der Waals surface area contributed by atoms with E-state index in [4.69, 9.17) is 5.11 Å². The Kier molecular flexibility index (Phi) is 8.80. The number of nitrogens with two attached hydrogens (primary N) is 1. The lowest BCUT2D eigenvalue weighted by Crippen LogP contribution is -2.27. The van der Waals surface area contributed by atoms with Crippen LogP contribution in [0.1, 0.15) is 10.4 Å². The fourth-order valence-electron chi connectivity index (χ4n) is 0.884. The quantitative estimate of drug-likeness (QED) is 0.343. The van der Waals surface area contributed by atoms with E-state index in [9.17, 15) is 19.7 Å². The molecule has 1 rings (SSSR count). The number of hydrogen-bond donors (Lipinski definition) is 3. The van der Waals surface area contributed by atoms with Gasteiger partial charge in [-0.3, -0.25) is 14.6 Å². The predicted molar refractivity (Wildman–Crippen MR) is 66.2 cm³/mol. The summed E-state index contributed by atoms with van der Waals surface area (Å²) in [6, 6.07) is 3.22. The number of pyridine rings is 1. The van der Waals surface area contributed by atoms with Gasteiger partial charge in [0.1, 0.15) is 6.61 Å². The molecular formula is C10H14N4O6. The first-order valence-corrected chi connectivity index (χ1v) is 5.34. The first kappa shape index (κ1) is 17.2. The Bertz CT molecular complexity index is 439. The zero-order valence-corrected chi connectivity index (χ0v) is 10.4. The van der Waals surface area contributed by atoms with Crippen LogP contribution in [0.3, 0.4) is 0 Å². The molecule has 0 saturated heterocycles. The molecule has 0 aliphatic heterocycles. The Morgan fingerprint density at radius 3 is 2.65 bits per heavy atom. The van der Waals surface area contributed by atoms with E-state index in [1.165, 1.54) is 6.20 Å². The van der Waals surface area contributed by atoms with Crippen molar-refractivity contribution in [2.24, 2.45) is 5.73 Å². The summed E-state index contributed by atoms with van der Waals surface area (Å²) in [6.45, 7) is -0.367. The Morgan fingerprint density at radius 1 is 1.55 bits per heavy atom. The molecule has 0 aliphatic rings. The lowest BCUT2D eigenvalue weighted by molar-refractivity contribution is -0.757. The van der Waals surface area contributed by atoms with E-state index in [0.717, 1.165) is 0 Å². The van der Waals surface area contributed by atoms with Gasteiger partial charge in [-0.2, -0.15) is 0 Å². The molecule has 4 N–H and O–H groups in total. The van der Waals surface area contributed by atoms with Gasteiger partial charge >= 0.3 is 5.97 Å². The molecule has 0 atom stereocenters. The van der Waals surface area contributed by atoms with Gasteiger partial charge in [0.2, 0.25) is 0 Å². The van der Waals surface area contributed by atoms with E-state index in [0.29, 0.717) is 5.56 Å². The lowest BCUT2D eigenvalue weighted by atomic mass is 10.3. The van der Waals surface area contributed by atoms with Crippen LogP contribution in [0.15, 0.2) is 24.5 Å². The Morgan fingerprint density at radius 2 is 2.20 bits per heavy atom. The van der Waals surface area contributed by atoms with Crippen LogP contribution < -0.4 is 11.1 Å². The molecule has 0 fully saturated rings. The van der Waals surface area contributed by atoms with Crippen LogP contribution in [0.5, 0.6) is 0 Å². The highest BCUT2D eigenvalue weighted by Gasteiger charge is 2.03. The van der Waals surface area contributed by atoms with Crippen LogP contribution >= 0.6 is 0 Å². The largest absolute Gasteiger partial charge is 0.480 e. The number of carboxylic acids is 1. The fourth-order valence-corrected chi connectivity index (χ4v) is 0.884. The summed E-state index contributed by atoms with van der Waals surface area (Å²) < 4.78 is 0. The molecule has 0 radical (unpaired) electrons. The van der Waals surface area contributed by atoms with E-state index in [1.54, 1.807) is 18.3 Å². The maximum absolute atomic E-state index is 11.3. The molecule has 110 valence electrons. The summed E-state index contributed by atoms with van der Waals surface area (Å²) in [4.78, 5) is 38.1. The summed E-state index contributed by atoms with van der Waals surface area (Å²) in [5, 5.41) is 18.9. The second-order valence-corrected chi connectivity index (χ2v) is 3.15. The highest BCUT2D eigenvalue weighted by Crippen LogP contribution is 1.94. The molecule has 1 amide bonds. The van der Waals surface area contributed by atoms with E-state index < -0.39 is 11.1 Å². The Hall–Kier alpha value is -2.75. The maximum atomic E-state index is 11.3. The van der Waals surface area contributed by atoms with Crippen molar-refractivity contribution in [2.45, 2.75) is 0 Å². The number of aromatic nitrogens is 1. The smallest absolute Gasteiger partial charge is 0.317 e. The molecule has 0 spiro atoms. The molecule has 0 unspecified atom stereocenters. The standard InChI is InChI=1S/C8H9N3O4.C2H5NO2/c12-8(7-2-1-3-9-6-7)10-4-5-15-11(13)14;3-1-2(4)5/h1-3,6H,4-5H2,(H,10,12);1,3H2,(H,4,5). The van der Waals surface area contributed by atoms with Crippen molar-refractivity contribution >= 4 is 11.9 Å². The number of aliphatic carboxylic acids is 1. The van der Waals surface area contributed by atoms with E-state index in [2.05, 4.69) is 20.9 Å². The Labute approximate surface area is 113 Å². The van der Waals surface area contributed by atoms with Crippen molar-refractivity contribution in [1.82, 2.24) is 10.3 Å². The molecule has 0 saturated carbocycles. The summed E-state index contributed by atoms with van der Waals surface area (Å²) in [5.41, 5.74) is 4.97. The van der Waals surface area contributed by atoms with Crippen molar-refractivity contribution in [3.8, 4) is 0 Å². The topological polar surface area (TPSA) is 158 Å². The minimum absolute atomic E-state index is 0.0781. The van der Waals surface area contributed by atoms with Crippen LogP contribution in [0.25, 0.3) is 0 Å². The highest BCUT2D eigenvalue weighted by atomic mass is 16.9. The number of nitrogens with zero attached hydrogens (tertiary/aromatic N) is 2. The van der Waals surface area contributed by atoms with Gasteiger partial charge < -0.3 is 21.0 Å². The molecule has 1 heterocycles. The van der Waals surface area contributed by atoms with Crippen LogP contribution in [0.2, 0.25) is 0 Å². The summed E-state index contributed by atoms with van der Waals surface area (Å²) in [7, 11) is 0. The van der Waals surface area contributed by atoms with E-state index in [1.807, 2.05) is 0 Å². The third-order valence-corrected chi connectivity index (χ3v) is 1.68. The number of amides is 1. The van der Waals surface area contributed by atoms with Crippen LogP contribution in [-0.4, -0.2) is 46.8 Å². The zero-order chi connectivity index (χ0) is 15.4. The van der Waals surface area contributed by atoms with Crippen molar-refractivity contribution in [3.05, 3.63) is 40.2 Å². The predicted octanol–water partition coefficient (Wildman–Crippen LogP) is -0.951. The van der Waals surface area contributed by atoms with Crippen molar-refractivity contribution in [1.29, 1.82) is 0 Å². The van der Waals surface area contributed by atoms with Crippen molar-refractivity contribution < 1.29 is 24.6 Å². The molecular weight excluding hydrogens is 272 g/mol. The molecule has 0 bridgehead atoms. The number of hydrogen-bond acceptors (Lipinski definition) is 7. The third-order valence-electron chi connectivity index (χ3n) is 1.68. The Balaban J connectivity index is 0.000000621. The molecule has 1 aromatic heterocycles. The SMILES string of the molecule is NCC(=O)O.O=C(NCCO[N+](=O)[O-])c1cccnc1. The van der Waals surface area contributed by atoms with Gasteiger partial charge in [-0.05, 0) is 12.1 Å². The molecule has 0 aliphatic carbocycles. The third kappa shape index (κ3) is 9.30. The van der Waals surface area contributed by atoms with Crippen molar-refractivity contribution in [3.63, 3.8) is 0 Å². The number of nitrogens with one attached hydrogen (secondary N) is 1. The first-order valence-electron chi connectivity index (χ1n) is 5.34. The second kappa shape index (κ2) is 10.2. The lowest BCUT2D eigenvalue weighted by Gasteiger charge is -2.03. The van der Waals surface area contributed by atoms with E-state index in [-0.39, 0.29) is 25.6 Å². The van der Waals surface area contributed by atoms with Gasteiger partial charge in [0.05, 0.1) is 12.1 Å².